The quantitative estimate of drug-likeness (QED) is 0.366. The molecule has 17 heavy (non-hydrogen) atoms. The van der Waals surface area contributed by atoms with Gasteiger partial charge in [-0.3, -0.25) is 10.5 Å². The van der Waals surface area contributed by atoms with Crippen molar-refractivity contribution in [1.29, 1.82) is 0 Å². The average molecular weight is 246 g/mol. The third-order valence-corrected chi connectivity index (χ3v) is 1.69. The standard InChI is InChI=1S/C9H12.C3H8O3.H2O2/c1-8(2)9-6-4-3-5-7-9;1-3(2,4)6-5;1-2/h3-8H,1-2H3;4-5H,1-2H3;1-2H. The van der Waals surface area contributed by atoms with Crippen LogP contribution in [0.5, 0.6) is 0 Å². The second-order valence-corrected chi connectivity index (χ2v) is 4.10. The van der Waals surface area contributed by atoms with Gasteiger partial charge in [0.05, 0.1) is 0 Å². The lowest BCUT2D eigenvalue weighted by Gasteiger charge is -2.09. The highest BCUT2D eigenvalue weighted by atomic mass is 17.1. The van der Waals surface area contributed by atoms with Crippen molar-refractivity contribution in [3.05, 3.63) is 35.9 Å². The van der Waals surface area contributed by atoms with Gasteiger partial charge < -0.3 is 5.11 Å². The maximum absolute atomic E-state index is 8.35. The molecule has 4 N–H and O–H groups in total. The zero-order chi connectivity index (χ0) is 13.9. The maximum atomic E-state index is 8.35. The van der Waals surface area contributed by atoms with Crippen LogP contribution in [0.25, 0.3) is 0 Å². The molecule has 0 amide bonds. The number of hydrogen-bond donors (Lipinski definition) is 4. The number of benzene rings is 1. The Bertz CT molecular complexity index is 253. The minimum atomic E-state index is -1.40. The molecule has 0 aliphatic heterocycles. The van der Waals surface area contributed by atoms with Crippen molar-refractivity contribution in [2.24, 2.45) is 0 Å². The van der Waals surface area contributed by atoms with Crippen LogP contribution >= 0.6 is 0 Å². The van der Waals surface area contributed by atoms with Crippen molar-refractivity contribution >= 4 is 0 Å². The first kappa shape index (κ1) is 18.4. The SMILES string of the molecule is CC(C)(O)OO.CC(C)c1ccccc1.OO. The van der Waals surface area contributed by atoms with Crippen LogP contribution in [0.15, 0.2) is 30.3 Å². The number of aliphatic hydroxyl groups is 1. The lowest BCUT2D eigenvalue weighted by atomic mass is 10.0. The Labute approximate surface area is 102 Å². The molecule has 1 aromatic carbocycles. The summed E-state index contributed by atoms with van der Waals surface area (Å²) in [5.74, 6) is -0.744. The Hall–Kier alpha value is -0.980. The molecule has 0 fully saturated rings. The molecule has 0 saturated heterocycles. The van der Waals surface area contributed by atoms with Crippen molar-refractivity contribution in [2.75, 3.05) is 0 Å². The minimum Gasteiger partial charge on any atom is -0.364 e. The maximum Gasteiger partial charge on any atom is 0.193 e. The first-order valence-corrected chi connectivity index (χ1v) is 5.16. The molecular weight excluding hydrogens is 224 g/mol. The van der Waals surface area contributed by atoms with Crippen LogP contribution in [0.1, 0.15) is 39.2 Å². The van der Waals surface area contributed by atoms with E-state index in [1.54, 1.807) is 0 Å². The van der Waals surface area contributed by atoms with E-state index >= 15 is 0 Å². The van der Waals surface area contributed by atoms with Crippen molar-refractivity contribution in [1.82, 2.24) is 0 Å². The van der Waals surface area contributed by atoms with Crippen LogP contribution in [-0.2, 0) is 4.89 Å². The Morgan fingerprint density at radius 1 is 1.06 bits per heavy atom. The zero-order valence-corrected chi connectivity index (χ0v) is 10.7. The highest BCUT2D eigenvalue weighted by molar-refractivity contribution is 5.17. The minimum absolute atomic E-state index is 0.659. The molecule has 0 aliphatic carbocycles. The van der Waals surface area contributed by atoms with Crippen molar-refractivity contribution in [3.63, 3.8) is 0 Å². The van der Waals surface area contributed by atoms with Crippen LogP contribution in [0, 0.1) is 0 Å². The van der Waals surface area contributed by atoms with Crippen LogP contribution < -0.4 is 0 Å². The fourth-order valence-electron chi connectivity index (χ4n) is 0.838. The van der Waals surface area contributed by atoms with Crippen molar-refractivity contribution < 1.29 is 25.8 Å². The molecule has 0 atom stereocenters. The van der Waals surface area contributed by atoms with E-state index in [1.165, 1.54) is 19.4 Å². The Morgan fingerprint density at radius 3 is 1.59 bits per heavy atom. The van der Waals surface area contributed by atoms with E-state index in [4.69, 9.17) is 20.9 Å². The van der Waals surface area contributed by atoms with Gasteiger partial charge in [0.2, 0.25) is 0 Å². The third kappa shape index (κ3) is 13.0. The molecule has 0 unspecified atom stereocenters. The van der Waals surface area contributed by atoms with E-state index in [-0.39, 0.29) is 0 Å². The van der Waals surface area contributed by atoms with Gasteiger partial charge in [-0.1, -0.05) is 44.2 Å². The largest absolute Gasteiger partial charge is 0.364 e. The van der Waals surface area contributed by atoms with Gasteiger partial charge in [-0.05, 0) is 25.3 Å². The smallest absolute Gasteiger partial charge is 0.193 e. The summed E-state index contributed by atoms with van der Waals surface area (Å²) in [7, 11) is 0. The van der Waals surface area contributed by atoms with Gasteiger partial charge in [-0.25, -0.2) is 10.1 Å². The lowest BCUT2D eigenvalue weighted by molar-refractivity contribution is -0.378. The highest BCUT2D eigenvalue weighted by Gasteiger charge is 2.09. The molecule has 0 bridgehead atoms. The molecule has 100 valence electrons. The third-order valence-electron chi connectivity index (χ3n) is 1.69. The fourth-order valence-corrected chi connectivity index (χ4v) is 0.838. The van der Waals surface area contributed by atoms with E-state index in [2.05, 4.69) is 43.0 Å². The van der Waals surface area contributed by atoms with E-state index in [0.717, 1.165) is 0 Å². The topological polar surface area (TPSA) is 90.2 Å². The summed E-state index contributed by atoms with van der Waals surface area (Å²) < 4.78 is 0. The monoisotopic (exact) mass is 246 g/mol. The average Bonchev–Trinajstić information content (AvgIpc) is 2.33. The predicted octanol–water partition coefficient (Wildman–Crippen LogP) is 3.03. The zero-order valence-electron chi connectivity index (χ0n) is 10.7. The molecule has 0 aromatic heterocycles. The van der Waals surface area contributed by atoms with Gasteiger partial charge in [0.25, 0.3) is 0 Å². The first-order valence-electron chi connectivity index (χ1n) is 5.16. The molecule has 0 saturated carbocycles. The van der Waals surface area contributed by atoms with E-state index in [9.17, 15) is 0 Å². The van der Waals surface area contributed by atoms with Crippen molar-refractivity contribution in [3.8, 4) is 0 Å². The molecule has 1 rings (SSSR count). The lowest BCUT2D eigenvalue weighted by Crippen LogP contribution is -2.20. The number of rotatable bonds is 2. The van der Waals surface area contributed by atoms with Gasteiger partial charge in [0.15, 0.2) is 5.79 Å². The summed E-state index contributed by atoms with van der Waals surface area (Å²) in [4.78, 5) is 3.49. The van der Waals surface area contributed by atoms with Gasteiger partial charge >= 0.3 is 0 Å². The van der Waals surface area contributed by atoms with Crippen LogP contribution in [-0.4, -0.2) is 26.7 Å². The summed E-state index contributed by atoms with van der Waals surface area (Å²) >= 11 is 0. The highest BCUT2D eigenvalue weighted by Crippen LogP contribution is 2.11. The van der Waals surface area contributed by atoms with Crippen LogP contribution in [0.4, 0.5) is 0 Å². The summed E-state index contributed by atoms with van der Waals surface area (Å²) in [5.41, 5.74) is 1.41. The Balaban J connectivity index is 0. The van der Waals surface area contributed by atoms with E-state index in [1.807, 2.05) is 6.07 Å². The van der Waals surface area contributed by atoms with Crippen LogP contribution in [0.2, 0.25) is 0 Å². The Morgan fingerprint density at radius 2 is 1.41 bits per heavy atom. The van der Waals surface area contributed by atoms with Gasteiger partial charge in [-0.15, -0.1) is 0 Å². The molecule has 0 spiro atoms. The van der Waals surface area contributed by atoms with Gasteiger partial charge in [0.1, 0.15) is 0 Å². The fraction of sp³-hybridized carbons (Fsp3) is 0.500. The molecule has 0 aliphatic rings. The van der Waals surface area contributed by atoms with Crippen molar-refractivity contribution in [2.45, 2.75) is 39.4 Å². The normalized spacial score (nSPS) is 9.94. The summed E-state index contributed by atoms with van der Waals surface area (Å²) in [6.45, 7) is 7.06. The second-order valence-electron chi connectivity index (χ2n) is 4.10. The van der Waals surface area contributed by atoms with Crippen LogP contribution in [0.3, 0.4) is 0 Å². The molecule has 0 heterocycles. The second kappa shape index (κ2) is 10.2. The first-order chi connectivity index (χ1) is 7.87. The summed E-state index contributed by atoms with van der Waals surface area (Å²) in [6.07, 6.45) is 0. The summed E-state index contributed by atoms with van der Waals surface area (Å²) in [6, 6.07) is 10.5. The van der Waals surface area contributed by atoms with Gasteiger partial charge in [0, 0.05) is 0 Å². The molecule has 1 aromatic rings. The van der Waals surface area contributed by atoms with E-state index in [0.29, 0.717) is 5.92 Å². The van der Waals surface area contributed by atoms with Gasteiger partial charge in [-0.2, -0.15) is 0 Å². The Kier molecular flexibility index (Phi) is 11.0. The predicted molar refractivity (Wildman–Crippen MR) is 65.8 cm³/mol. The number of hydrogen-bond acceptors (Lipinski definition) is 5. The van der Waals surface area contributed by atoms with E-state index < -0.39 is 5.79 Å². The molecule has 0 radical (unpaired) electrons. The summed E-state index contributed by atoms with van der Waals surface area (Å²) in [5, 5.41) is 28.0. The molecular formula is C12H22O5. The molecule has 5 heteroatoms. The molecule has 5 nitrogen and oxygen atoms in total.